The molecule has 0 aliphatic heterocycles. The van der Waals surface area contributed by atoms with Gasteiger partial charge in [-0.25, -0.2) is 13.8 Å². The number of hydrogen-bond acceptors (Lipinski definition) is 3. The predicted molar refractivity (Wildman–Crippen MR) is 54.9 cm³/mol. The average Bonchev–Trinajstić information content (AvgIpc) is 2.18. The van der Waals surface area contributed by atoms with E-state index in [4.69, 9.17) is 5.11 Å². The Morgan fingerprint density at radius 2 is 2.05 bits per heavy atom. The highest BCUT2D eigenvalue weighted by atomic mass is 79.9. The molecule has 1 aromatic heterocycles. The van der Waals surface area contributed by atoms with E-state index in [9.17, 15) is 26.7 Å². The Morgan fingerprint density at radius 1 is 1.47 bits per heavy atom. The van der Waals surface area contributed by atoms with E-state index in [0.717, 1.165) is 0 Å². The Balaban J connectivity index is 3.25. The number of pyridine rings is 1. The first kappa shape index (κ1) is 15.6. The lowest BCUT2D eigenvalue weighted by Gasteiger charge is -2.13. The highest BCUT2D eigenvalue weighted by Crippen LogP contribution is 2.33. The van der Waals surface area contributed by atoms with Gasteiger partial charge in [-0.15, -0.1) is 13.2 Å². The summed E-state index contributed by atoms with van der Waals surface area (Å²) in [6.45, 7) is 0. The monoisotopic (exact) mass is 349 g/mol. The molecule has 0 unspecified atom stereocenters. The minimum atomic E-state index is -5.08. The first-order valence-electron chi connectivity index (χ1n) is 4.55. The zero-order chi connectivity index (χ0) is 14.8. The van der Waals surface area contributed by atoms with Gasteiger partial charge in [-0.3, -0.25) is 4.79 Å². The maximum atomic E-state index is 12.7. The standard InChI is InChI=1S/C9H5BrF5NO3/c10-7-3(2-6(17)18)4(8(11)12)1-5(16-7)19-9(13,14)15/h1,8H,2H2,(H,17,18). The van der Waals surface area contributed by atoms with E-state index in [1.165, 1.54) is 0 Å². The van der Waals surface area contributed by atoms with E-state index >= 15 is 0 Å². The first-order valence-corrected chi connectivity index (χ1v) is 5.34. The molecule has 0 saturated heterocycles. The van der Waals surface area contributed by atoms with Crippen LogP contribution in [0.15, 0.2) is 10.7 Å². The van der Waals surface area contributed by atoms with Crippen LogP contribution in [0.4, 0.5) is 22.0 Å². The predicted octanol–water partition coefficient (Wildman–Crippen LogP) is 3.31. The molecule has 106 valence electrons. The molecule has 1 heterocycles. The van der Waals surface area contributed by atoms with Crippen molar-refractivity contribution in [1.82, 2.24) is 4.98 Å². The molecule has 0 bridgehead atoms. The van der Waals surface area contributed by atoms with Crippen LogP contribution in [0, 0.1) is 0 Å². The minimum absolute atomic E-state index is 0.362. The highest BCUT2D eigenvalue weighted by molar-refractivity contribution is 9.10. The van der Waals surface area contributed by atoms with Gasteiger partial charge in [0, 0.05) is 17.2 Å². The minimum Gasteiger partial charge on any atom is -0.481 e. The molecule has 1 rings (SSSR count). The first-order chi connectivity index (χ1) is 8.60. The van der Waals surface area contributed by atoms with E-state index in [1.54, 1.807) is 0 Å². The van der Waals surface area contributed by atoms with E-state index in [1.807, 2.05) is 0 Å². The van der Waals surface area contributed by atoms with Crippen molar-refractivity contribution in [3.8, 4) is 5.88 Å². The van der Waals surface area contributed by atoms with Crippen molar-refractivity contribution in [3.63, 3.8) is 0 Å². The number of carboxylic acid groups (broad SMARTS) is 1. The van der Waals surface area contributed by atoms with E-state index in [0.29, 0.717) is 6.07 Å². The summed E-state index contributed by atoms with van der Waals surface area (Å²) in [5.74, 6) is -2.52. The summed E-state index contributed by atoms with van der Waals surface area (Å²) < 4.78 is 64.2. The molecule has 0 aliphatic rings. The Labute approximate surface area is 111 Å². The van der Waals surface area contributed by atoms with Crippen LogP contribution >= 0.6 is 15.9 Å². The van der Waals surface area contributed by atoms with Crippen LogP contribution in [-0.2, 0) is 11.2 Å². The van der Waals surface area contributed by atoms with Crippen molar-refractivity contribution >= 4 is 21.9 Å². The molecule has 1 aromatic rings. The van der Waals surface area contributed by atoms with Crippen molar-refractivity contribution in [3.05, 3.63) is 21.8 Å². The molecule has 10 heteroatoms. The van der Waals surface area contributed by atoms with E-state index in [2.05, 4.69) is 25.7 Å². The number of aromatic nitrogens is 1. The van der Waals surface area contributed by atoms with Gasteiger partial charge in [-0.2, -0.15) is 0 Å². The molecule has 0 radical (unpaired) electrons. The van der Waals surface area contributed by atoms with E-state index < -0.39 is 46.8 Å². The lowest BCUT2D eigenvalue weighted by Crippen LogP contribution is -2.19. The van der Waals surface area contributed by atoms with Crippen LogP contribution < -0.4 is 4.74 Å². The van der Waals surface area contributed by atoms with Gasteiger partial charge in [0.25, 0.3) is 6.43 Å². The molecule has 19 heavy (non-hydrogen) atoms. The van der Waals surface area contributed by atoms with Crippen molar-refractivity contribution in [1.29, 1.82) is 0 Å². The van der Waals surface area contributed by atoms with Crippen LogP contribution in [0.1, 0.15) is 17.6 Å². The molecule has 1 N–H and O–H groups in total. The molecule has 0 aliphatic carbocycles. The number of ether oxygens (including phenoxy) is 1. The molecule has 0 fully saturated rings. The molecule has 0 aromatic carbocycles. The number of carbonyl (C=O) groups is 1. The Kier molecular flexibility index (Phi) is 4.66. The number of rotatable bonds is 4. The smallest absolute Gasteiger partial charge is 0.481 e. The molecular formula is C9H5BrF5NO3. The summed E-state index contributed by atoms with van der Waals surface area (Å²) in [4.78, 5) is 13.7. The number of alkyl halides is 5. The van der Waals surface area contributed by atoms with Crippen LogP contribution in [0.3, 0.4) is 0 Å². The Hall–Kier alpha value is -1.45. The molecule has 0 atom stereocenters. The third-order valence-corrected chi connectivity index (χ3v) is 2.52. The third kappa shape index (κ3) is 4.62. The molecule has 0 spiro atoms. The lowest BCUT2D eigenvalue weighted by molar-refractivity contribution is -0.276. The number of hydrogen-bond donors (Lipinski definition) is 1. The summed E-state index contributed by atoms with van der Waals surface area (Å²) >= 11 is 2.65. The van der Waals surface area contributed by atoms with Gasteiger partial charge in [-0.05, 0) is 15.9 Å². The van der Waals surface area contributed by atoms with Gasteiger partial charge in [0.2, 0.25) is 5.88 Å². The molecule has 0 amide bonds. The largest absolute Gasteiger partial charge is 0.574 e. The fourth-order valence-corrected chi connectivity index (χ4v) is 1.77. The Morgan fingerprint density at radius 3 is 2.47 bits per heavy atom. The van der Waals surface area contributed by atoms with Crippen LogP contribution in [0.2, 0.25) is 0 Å². The highest BCUT2D eigenvalue weighted by Gasteiger charge is 2.33. The molecular weight excluding hydrogens is 345 g/mol. The fraction of sp³-hybridized carbons (Fsp3) is 0.333. The van der Waals surface area contributed by atoms with Gasteiger partial charge < -0.3 is 9.84 Å². The maximum absolute atomic E-state index is 12.7. The van der Waals surface area contributed by atoms with Crippen LogP contribution in [-0.4, -0.2) is 22.4 Å². The van der Waals surface area contributed by atoms with Crippen molar-refractivity contribution in [2.45, 2.75) is 19.2 Å². The van der Waals surface area contributed by atoms with Crippen molar-refractivity contribution < 1.29 is 36.6 Å². The number of halogens is 6. The zero-order valence-corrected chi connectivity index (χ0v) is 10.4. The summed E-state index contributed by atoms with van der Waals surface area (Å²) in [6.07, 6.45) is -9.05. The molecule has 0 saturated carbocycles. The summed E-state index contributed by atoms with van der Waals surface area (Å²) in [7, 11) is 0. The summed E-state index contributed by atoms with van der Waals surface area (Å²) in [5, 5.41) is 8.55. The fourth-order valence-electron chi connectivity index (χ4n) is 1.23. The topological polar surface area (TPSA) is 59.4 Å². The Bertz CT molecular complexity index is 491. The lowest BCUT2D eigenvalue weighted by atomic mass is 10.1. The van der Waals surface area contributed by atoms with Gasteiger partial charge >= 0.3 is 12.3 Å². The van der Waals surface area contributed by atoms with Gasteiger partial charge in [0.05, 0.1) is 6.42 Å². The van der Waals surface area contributed by atoms with Crippen LogP contribution in [0.5, 0.6) is 5.88 Å². The average molecular weight is 350 g/mol. The quantitative estimate of drug-likeness (QED) is 0.669. The summed E-state index contributed by atoms with van der Waals surface area (Å²) in [5.41, 5.74) is -1.29. The van der Waals surface area contributed by atoms with E-state index in [-0.39, 0.29) is 0 Å². The van der Waals surface area contributed by atoms with Gasteiger partial charge in [0.15, 0.2) is 0 Å². The second-order valence-corrected chi connectivity index (χ2v) is 3.99. The third-order valence-electron chi connectivity index (χ3n) is 1.87. The van der Waals surface area contributed by atoms with Crippen molar-refractivity contribution in [2.75, 3.05) is 0 Å². The number of carboxylic acids is 1. The van der Waals surface area contributed by atoms with Crippen molar-refractivity contribution in [2.24, 2.45) is 0 Å². The van der Waals surface area contributed by atoms with Gasteiger partial charge in [-0.1, -0.05) is 0 Å². The number of aliphatic carboxylic acids is 1. The normalized spacial score (nSPS) is 11.7. The summed E-state index contributed by atoms with van der Waals surface area (Å²) in [6, 6.07) is 0.362. The molecule has 4 nitrogen and oxygen atoms in total. The SMILES string of the molecule is O=C(O)Cc1c(C(F)F)cc(OC(F)(F)F)nc1Br. The second kappa shape index (κ2) is 5.68. The zero-order valence-electron chi connectivity index (χ0n) is 8.84. The maximum Gasteiger partial charge on any atom is 0.574 e. The second-order valence-electron chi connectivity index (χ2n) is 3.24. The van der Waals surface area contributed by atoms with Gasteiger partial charge in [0.1, 0.15) is 4.60 Å². The number of nitrogens with zero attached hydrogens (tertiary/aromatic N) is 1. The van der Waals surface area contributed by atoms with Crippen LogP contribution in [0.25, 0.3) is 0 Å².